The molecule has 88 valence electrons. The molecule has 0 bridgehead atoms. The van der Waals surface area contributed by atoms with E-state index in [2.05, 4.69) is 10.3 Å². The standard InChI is InChI=1S/C9H17F2N3O/c1-2-12-9(13-5-8(10)11)14-4-3-7(15)6-14/h7-8,15H,2-6H2,1H3,(H,12,13)/t7-/m1/s1. The molecule has 0 aromatic carbocycles. The Morgan fingerprint density at radius 2 is 2.40 bits per heavy atom. The summed E-state index contributed by atoms with van der Waals surface area (Å²) in [4.78, 5) is 5.60. The lowest BCUT2D eigenvalue weighted by atomic mass is 10.3. The molecule has 0 amide bonds. The molecule has 0 aromatic heterocycles. The Bertz CT molecular complexity index is 223. The summed E-state index contributed by atoms with van der Waals surface area (Å²) in [7, 11) is 0. The molecule has 1 rings (SSSR count). The molecule has 1 heterocycles. The predicted octanol–water partition coefficient (Wildman–Crippen LogP) is 0.284. The molecule has 1 atom stereocenters. The molecule has 6 heteroatoms. The van der Waals surface area contributed by atoms with Crippen molar-refractivity contribution in [1.29, 1.82) is 0 Å². The lowest BCUT2D eigenvalue weighted by Crippen LogP contribution is -2.40. The van der Waals surface area contributed by atoms with Crippen molar-refractivity contribution in [3.05, 3.63) is 0 Å². The van der Waals surface area contributed by atoms with E-state index in [-0.39, 0.29) is 6.10 Å². The lowest BCUT2D eigenvalue weighted by molar-refractivity contribution is 0.158. The largest absolute Gasteiger partial charge is 0.391 e. The zero-order valence-electron chi connectivity index (χ0n) is 8.79. The molecule has 1 aliphatic rings. The quantitative estimate of drug-likeness (QED) is 0.531. The fourth-order valence-corrected chi connectivity index (χ4v) is 1.52. The van der Waals surface area contributed by atoms with Crippen LogP contribution in [0.3, 0.4) is 0 Å². The summed E-state index contributed by atoms with van der Waals surface area (Å²) < 4.78 is 24.0. The fraction of sp³-hybridized carbons (Fsp3) is 0.889. The minimum atomic E-state index is -2.42. The van der Waals surface area contributed by atoms with Gasteiger partial charge in [-0.2, -0.15) is 0 Å². The number of halogens is 2. The van der Waals surface area contributed by atoms with Gasteiger partial charge in [0, 0.05) is 19.6 Å². The van der Waals surface area contributed by atoms with Crippen LogP contribution < -0.4 is 5.32 Å². The molecule has 0 unspecified atom stereocenters. The summed E-state index contributed by atoms with van der Waals surface area (Å²) in [6.45, 7) is 3.15. The van der Waals surface area contributed by atoms with Crippen LogP contribution in [0.15, 0.2) is 4.99 Å². The normalized spacial score (nSPS) is 22.6. The van der Waals surface area contributed by atoms with E-state index >= 15 is 0 Å². The van der Waals surface area contributed by atoms with Crippen LogP contribution in [-0.2, 0) is 0 Å². The van der Waals surface area contributed by atoms with Crippen LogP contribution in [0.4, 0.5) is 8.78 Å². The van der Waals surface area contributed by atoms with E-state index in [0.717, 1.165) is 0 Å². The van der Waals surface area contributed by atoms with Crippen LogP contribution in [0.1, 0.15) is 13.3 Å². The molecule has 1 saturated heterocycles. The Kier molecular flexibility index (Phi) is 4.74. The van der Waals surface area contributed by atoms with E-state index < -0.39 is 13.0 Å². The number of aliphatic imine (C=N–C) groups is 1. The third-order valence-corrected chi connectivity index (χ3v) is 2.18. The fourth-order valence-electron chi connectivity index (χ4n) is 1.52. The second-order valence-corrected chi connectivity index (χ2v) is 3.47. The average molecular weight is 221 g/mol. The van der Waals surface area contributed by atoms with E-state index in [0.29, 0.717) is 32.0 Å². The summed E-state index contributed by atoms with van der Waals surface area (Å²) in [6, 6.07) is 0. The molecule has 4 nitrogen and oxygen atoms in total. The van der Waals surface area contributed by atoms with Crippen LogP contribution in [-0.4, -0.2) is 54.7 Å². The molecule has 2 N–H and O–H groups in total. The van der Waals surface area contributed by atoms with Crippen molar-refractivity contribution in [1.82, 2.24) is 10.2 Å². The number of likely N-dealkylation sites (tertiary alicyclic amines) is 1. The van der Waals surface area contributed by atoms with Crippen molar-refractivity contribution in [2.24, 2.45) is 4.99 Å². The zero-order valence-corrected chi connectivity index (χ0v) is 8.79. The summed E-state index contributed by atoms with van der Waals surface area (Å²) >= 11 is 0. The van der Waals surface area contributed by atoms with E-state index in [1.165, 1.54) is 0 Å². The zero-order chi connectivity index (χ0) is 11.3. The average Bonchev–Trinajstić information content (AvgIpc) is 2.59. The summed E-state index contributed by atoms with van der Waals surface area (Å²) in [5.74, 6) is 0.467. The lowest BCUT2D eigenvalue weighted by Gasteiger charge is -2.20. The van der Waals surface area contributed by atoms with Crippen molar-refractivity contribution >= 4 is 5.96 Å². The molecule has 0 radical (unpaired) electrons. The van der Waals surface area contributed by atoms with Crippen LogP contribution in [0, 0.1) is 0 Å². The maximum absolute atomic E-state index is 12.0. The smallest absolute Gasteiger partial charge is 0.257 e. The maximum Gasteiger partial charge on any atom is 0.257 e. The van der Waals surface area contributed by atoms with Gasteiger partial charge in [0.2, 0.25) is 0 Å². The number of guanidine groups is 1. The summed E-state index contributed by atoms with van der Waals surface area (Å²) in [5.41, 5.74) is 0. The predicted molar refractivity (Wildman–Crippen MR) is 54.2 cm³/mol. The van der Waals surface area contributed by atoms with Crippen molar-refractivity contribution in [2.45, 2.75) is 25.9 Å². The number of rotatable bonds is 3. The van der Waals surface area contributed by atoms with Gasteiger partial charge < -0.3 is 15.3 Å². The van der Waals surface area contributed by atoms with Crippen LogP contribution in [0.5, 0.6) is 0 Å². The number of aliphatic hydroxyl groups is 1. The van der Waals surface area contributed by atoms with Crippen molar-refractivity contribution in [3.63, 3.8) is 0 Å². The molecule has 15 heavy (non-hydrogen) atoms. The van der Waals surface area contributed by atoms with Gasteiger partial charge >= 0.3 is 0 Å². The highest BCUT2D eigenvalue weighted by Gasteiger charge is 2.22. The topological polar surface area (TPSA) is 47.9 Å². The van der Waals surface area contributed by atoms with Crippen molar-refractivity contribution in [2.75, 3.05) is 26.2 Å². The third-order valence-electron chi connectivity index (χ3n) is 2.18. The minimum Gasteiger partial charge on any atom is -0.391 e. The first-order valence-corrected chi connectivity index (χ1v) is 5.13. The SMILES string of the molecule is CCNC(=NCC(F)F)N1CC[C@@H](O)C1. The highest BCUT2D eigenvalue weighted by atomic mass is 19.3. The van der Waals surface area contributed by atoms with Gasteiger partial charge in [-0.15, -0.1) is 0 Å². The number of nitrogens with one attached hydrogen (secondary N) is 1. The first kappa shape index (κ1) is 12.2. The third kappa shape index (κ3) is 3.99. The van der Waals surface area contributed by atoms with Gasteiger partial charge in [-0.3, -0.25) is 0 Å². The van der Waals surface area contributed by atoms with E-state index in [1.54, 1.807) is 4.90 Å². The van der Waals surface area contributed by atoms with Crippen LogP contribution >= 0.6 is 0 Å². The first-order chi connectivity index (χ1) is 7.13. The van der Waals surface area contributed by atoms with Gasteiger partial charge in [0.15, 0.2) is 5.96 Å². The summed E-state index contributed by atoms with van der Waals surface area (Å²) in [5, 5.41) is 12.3. The van der Waals surface area contributed by atoms with E-state index in [1.807, 2.05) is 6.92 Å². The number of hydrogen-bond donors (Lipinski definition) is 2. The van der Waals surface area contributed by atoms with Crippen LogP contribution in [0.2, 0.25) is 0 Å². The van der Waals surface area contributed by atoms with Gasteiger partial charge in [0.05, 0.1) is 6.10 Å². The van der Waals surface area contributed by atoms with Gasteiger partial charge in [-0.25, -0.2) is 13.8 Å². The monoisotopic (exact) mass is 221 g/mol. The molecule has 1 aliphatic heterocycles. The Labute approximate surface area is 88.0 Å². The number of alkyl halides is 2. The van der Waals surface area contributed by atoms with Crippen molar-refractivity contribution in [3.8, 4) is 0 Å². The number of nitrogens with zero attached hydrogens (tertiary/aromatic N) is 2. The van der Waals surface area contributed by atoms with Crippen molar-refractivity contribution < 1.29 is 13.9 Å². The van der Waals surface area contributed by atoms with Gasteiger partial charge in [0.25, 0.3) is 6.43 Å². The van der Waals surface area contributed by atoms with Gasteiger partial charge in [-0.05, 0) is 13.3 Å². The Balaban J connectivity index is 2.52. The Morgan fingerprint density at radius 1 is 1.67 bits per heavy atom. The number of hydrogen-bond acceptors (Lipinski definition) is 2. The number of β-amino-alcohol motifs (C(OH)–C–C–N with tert-alkyl or cyclic N) is 1. The first-order valence-electron chi connectivity index (χ1n) is 5.13. The number of aliphatic hydroxyl groups excluding tert-OH is 1. The maximum atomic E-state index is 12.0. The second kappa shape index (κ2) is 5.85. The highest BCUT2D eigenvalue weighted by molar-refractivity contribution is 5.80. The Morgan fingerprint density at radius 3 is 2.87 bits per heavy atom. The molecule has 0 saturated carbocycles. The summed E-state index contributed by atoms with van der Waals surface area (Å²) in [6.07, 6.45) is -2.13. The molecule has 0 aromatic rings. The Hall–Kier alpha value is -0.910. The van der Waals surface area contributed by atoms with Gasteiger partial charge in [0.1, 0.15) is 6.54 Å². The molecular weight excluding hydrogens is 204 g/mol. The highest BCUT2D eigenvalue weighted by Crippen LogP contribution is 2.08. The van der Waals surface area contributed by atoms with E-state index in [9.17, 15) is 13.9 Å². The van der Waals surface area contributed by atoms with E-state index in [4.69, 9.17) is 0 Å². The minimum absolute atomic E-state index is 0.375. The molecule has 0 spiro atoms. The van der Waals surface area contributed by atoms with Gasteiger partial charge in [-0.1, -0.05) is 0 Å². The van der Waals surface area contributed by atoms with Crippen LogP contribution in [0.25, 0.3) is 0 Å². The molecule has 0 aliphatic carbocycles. The molecule has 1 fully saturated rings. The molecular formula is C9H17F2N3O. The second-order valence-electron chi connectivity index (χ2n) is 3.47.